The molecule has 4 aliphatic rings. The van der Waals surface area contributed by atoms with Crippen molar-refractivity contribution in [3.63, 3.8) is 0 Å². The van der Waals surface area contributed by atoms with Crippen molar-refractivity contribution in [1.29, 1.82) is 0 Å². The molecule has 0 aliphatic carbocycles. The van der Waals surface area contributed by atoms with E-state index in [0.717, 1.165) is 30.8 Å². The SMILES string of the molecule is N[N+]12C=CN=CC1=C([C@@H]1CC[C@@H]3CNCC(=O)N3C1)N=C2Br. The molecule has 0 bridgehead atoms. The number of allylic oxidation sites excluding steroid dienone is 1. The fourth-order valence-corrected chi connectivity index (χ4v) is 4.11. The molecule has 8 heteroatoms. The summed E-state index contributed by atoms with van der Waals surface area (Å²) in [6.07, 6.45) is 7.26. The van der Waals surface area contributed by atoms with Crippen LogP contribution in [0.4, 0.5) is 0 Å². The number of hydrogen-bond acceptors (Lipinski definition) is 5. The van der Waals surface area contributed by atoms with Crippen LogP contribution in [-0.4, -0.2) is 52.0 Å². The van der Waals surface area contributed by atoms with Gasteiger partial charge in [-0.05, 0) is 12.8 Å². The number of aliphatic imine (C=N–C) groups is 2. The number of amidine groups is 1. The first-order chi connectivity index (χ1) is 10.6. The minimum absolute atomic E-state index is 0.0360. The van der Waals surface area contributed by atoms with Crippen molar-refractivity contribution < 1.29 is 9.39 Å². The van der Waals surface area contributed by atoms with Gasteiger partial charge in [0.05, 0.1) is 19.0 Å². The highest BCUT2D eigenvalue weighted by atomic mass is 79.9. The molecule has 4 aliphatic heterocycles. The van der Waals surface area contributed by atoms with Gasteiger partial charge < -0.3 is 10.2 Å². The number of fused-ring (bicyclic) bond motifs is 2. The Balaban J connectivity index is 1.65. The molecule has 4 heterocycles. The largest absolute Gasteiger partial charge is 0.337 e. The van der Waals surface area contributed by atoms with E-state index < -0.39 is 0 Å². The summed E-state index contributed by atoms with van der Waals surface area (Å²) >= 11 is 3.48. The molecule has 3 atom stereocenters. The van der Waals surface area contributed by atoms with Gasteiger partial charge in [-0.3, -0.25) is 9.79 Å². The van der Waals surface area contributed by atoms with Crippen LogP contribution in [0.3, 0.4) is 0 Å². The van der Waals surface area contributed by atoms with Crippen LogP contribution in [0, 0.1) is 5.92 Å². The van der Waals surface area contributed by atoms with E-state index in [1.165, 1.54) is 0 Å². The predicted octanol–water partition coefficient (Wildman–Crippen LogP) is 0.419. The number of nitrogens with two attached hydrogens (primary N) is 1. The average molecular weight is 366 g/mol. The van der Waals surface area contributed by atoms with Gasteiger partial charge >= 0.3 is 4.74 Å². The zero-order valence-electron chi connectivity index (χ0n) is 12.1. The zero-order valence-corrected chi connectivity index (χ0v) is 13.7. The van der Waals surface area contributed by atoms with E-state index in [0.29, 0.717) is 23.9 Å². The van der Waals surface area contributed by atoms with Crippen molar-refractivity contribution in [3.05, 3.63) is 23.8 Å². The lowest BCUT2D eigenvalue weighted by molar-refractivity contribution is -0.746. The summed E-state index contributed by atoms with van der Waals surface area (Å²) in [6.45, 7) is 2.03. The highest BCUT2D eigenvalue weighted by molar-refractivity contribution is 9.18. The summed E-state index contributed by atoms with van der Waals surface area (Å²) in [4.78, 5) is 23.0. The molecule has 0 aromatic carbocycles. The van der Waals surface area contributed by atoms with Gasteiger partial charge in [0, 0.05) is 41.0 Å². The second kappa shape index (κ2) is 5.09. The highest BCUT2D eigenvalue weighted by Gasteiger charge is 2.46. The maximum Gasteiger partial charge on any atom is 0.301 e. The van der Waals surface area contributed by atoms with Crippen molar-refractivity contribution in [2.45, 2.75) is 18.9 Å². The Morgan fingerprint density at radius 3 is 3.18 bits per heavy atom. The maximum atomic E-state index is 12.1. The number of amides is 1. The quantitative estimate of drug-likeness (QED) is 0.401. The zero-order chi connectivity index (χ0) is 15.3. The number of nitrogens with zero attached hydrogens (tertiary/aromatic N) is 4. The van der Waals surface area contributed by atoms with Gasteiger partial charge in [0.15, 0.2) is 0 Å². The molecule has 2 saturated heterocycles. The molecule has 4 rings (SSSR count). The Morgan fingerprint density at radius 1 is 1.45 bits per heavy atom. The lowest BCUT2D eigenvalue weighted by atomic mass is 9.88. The van der Waals surface area contributed by atoms with E-state index in [4.69, 9.17) is 5.84 Å². The van der Waals surface area contributed by atoms with Crippen LogP contribution in [-0.2, 0) is 4.79 Å². The van der Waals surface area contributed by atoms with Gasteiger partial charge in [0.2, 0.25) is 11.6 Å². The molecule has 0 aromatic heterocycles. The van der Waals surface area contributed by atoms with Crippen molar-refractivity contribution in [2.24, 2.45) is 21.7 Å². The van der Waals surface area contributed by atoms with Crippen molar-refractivity contribution in [1.82, 2.24) is 10.2 Å². The van der Waals surface area contributed by atoms with Gasteiger partial charge in [-0.2, -0.15) is 10.8 Å². The Kier molecular flexibility index (Phi) is 3.30. The standard InChI is InChI=1S/C14H18BrN6O/c15-14-19-13(11-6-17-3-4-21(11,14)16)9-1-2-10-5-18-7-12(22)20(10)8-9/h3-4,6,9-10,18H,1-2,5,7-8,16H2/q+1/t9-,10-,21?/m1/s1. The molecule has 3 N–H and O–H groups in total. The van der Waals surface area contributed by atoms with Crippen molar-refractivity contribution in [2.75, 3.05) is 19.6 Å². The second-order valence-corrected chi connectivity index (χ2v) is 6.82. The van der Waals surface area contributed by atoms with Crippen LogP contribution in [0.1, 0.15) is 12.8 Å². The van der Waals surface area contributed by atoms with Gasteiger partial charge in [0.25, 0.3) is 0 Å². The summed E-state index contributed by atoms with van der Waals surface area (Å²) < 4.78 is 0.697. The number of halogens is 1. The first kappa shape index (κ1) is 14.3. The smallest absolute Gasteiger partial charge is 0.301 e. The summed E-state index contributed by atoms with van der Waals surface area (Å²) in [5.74, 6) is 6.79. The van der Waals surface area contributed by atoms with Crippen LogP contribution in [0.5, 0.6) is 0 Å². The fraction of sp³-hybridized carbons (Fsp3) is 0.500. The average Bonchev–Trinajstić information content (AvgIpc) is 2.79. The van der Waals surface area contributed by atoms with Gasteiger partial charge in [-0.1, -0.05) is 0 Å². The molecular formula is C14H18BrN6O+. The molecule has 0 spiro atoms. The summed E-state index contributed by atoms with van der Waals surface area (Å²) in [5.41, 5.74) is 1.84. The van der Waals surface area contributed by atoms with E-state index in [-0.39, 0.29) is 16.4 Å². The van der Waals surface area contributed by atoms with Crippen molar-refractivity contribution >= 4 is 32.8 Å². The number of quaternary nitrogens is 1. The van der Waals surface area contributed by atoms with Gasteiger partial charge in [-0.15, -0.1) is 4.59 Å². The summed E-state index contributed by atoms with van der Waals surface area (Å²) in [7, 11) is 0. The van der Waals surface area contributed by atoms with Crippen LogP contribution in [0.2, 0.25) is 0 Å². The van der Waals surface area contributed by atoms with E-state index in [1.807, 2.05) is 4.90 Å². The second-order valence-electron chi connectivity index (χ2n) is 6.11. The normalized spacial score (nSPS) is 37.3. The molecule has 22 heavy (non-hydrogen) atoms. The van der Waals surface area contributed by atoms with Crippen LogP contribution >= 0.6 is 15.9 Å². The minimum Gasteiger partial charge on any atom is -0.337 e. The number of carbonyl (C=O) groups is 1. The Labute approximate surface area is 136 Å². The van der Waals surface area contributed by atoms with E-state index in [1.54, 1.807) is 18.6 Å². The monoisotopic (exact) mass is 365 g/mol. The van der Waals surface area contributed by atoms with Crippen LogP contribution < -0.4 is 11.2 Å². The molecular weight excluding hydrogens is 348 g/mol. The minimum atomic E-state index is 0.0360. The molecule has 2 fully saturated rings. The summed E-state index contributed by atoms with van der Waals surface area (Å²) in [6, 6.07) is 0.314. The lowest BCUT2D eigenvalue weighted by Gasteiger charge is -2.42. The maximum absolute atomic E-state index is 12.1. The number of rotatable bonds is 1. The molecule has 0 radical (unpaired) electrons. The van der Waals surface area contributed by atoms with Gasteiger partial charge in [-0.25, -0.2) is 0 Å². The van der Waals surface area contributed by atoms with Crippen LogP contribution in [0.15, 0.2) is 33.8 Å². The fourth-order valence-electron chi connectivity index (χ4n) is 3.60. The van der Waals surface area contributed by atoms with E-state index in [9.17, 15) is 4.79 Å². The molecule has 1 unspecified atom stereocenters. The number of nitrogens with one attached hydrogen (secondary N) is 1. The number of piperazine rings is 1. The highest BCUT2D eigenvalue weighted by Crippen LogP contribution is 2.38. The summed E-state index contributed by atoms with van der Waals surface area (Å²) in [5, 5.41) is 3.18. The molecule has 1 amide bonds. The number of hydrogen-bond donors (Lipinski definition) is 2. The van der Waals surface area contributed by atoms with Gasteiger partial charge in [0.1, 0.15) is 11.9 Å². The number of carbonyl (C=O) groups excluding carboxylic acids is 1. The molecule has 0 saturated carbocycles. The number of piperidine rings is 1. The van der Waals surface area contributed by atoms with Crippen molar-refractivity contribution in [3.8, 4) is 0 Å². The third kappa shape index (κ3) is 2.02. The first-order valence-electron chi connectivity index (χ1n) is 7.47. The lowest BCUT2D eigenvalue weighted by Crippen LogP contribution is -2.58. The molecule has 7 nitrogen and oxygen atoms in total. The third-order valence-corrected chi connectivity index (χ3v) is 5.60. The van der Waals surface area contributed by atoms with Crippen LogP contribution in [0.25, 0.3) is 0 Å². The van der Waals surface area contributed by atoms with E-state index in [2.05, 4.69) is 31.2 Å². The topological polar surface area (TPSA) is 83.1 Å². The molecule has 0 aromatic rings. The Bertz CT molecular complexity index is 654. The Hall–Kier alpha value is -1.35. The Morgan fingerprint density at radius 2 is 2.32 bits per heavy atom. The predicted molar refractivity (Wildman–Crippen MR) is 86.6 cm³/mol. The first-order valence-corrected chi connectivity index (χ1v) is 8.27. The molecule has 116 valence electrons. The third-order valence-electron chi connectivity index (χ3n) is 4.83. The van der Waals surface area contributed by atoms with E-state index >= 15 is 0 Å².